The molecular weight excluding hydrogens is 378 g/mol. The number of rotatable bonds is 10. The Morgan fingerprint density at radius 3 is 2.41 bits per heavy atom. The third-order valence-electron chi connectivity index (χ3n) is 3.90. The Kier molecular flexibility index (Phi) is 8.02. The lowest BCUT2D eigenvalue weighted by Gasteiger charge is -2.11. The standard InChI is InChI=1S/C21H23NO7/c1-14(23)16-7-8-18(19(10-16)27-3)28-13-21(25)29-12-20(24)22-11-15-5-4-6-17(9-15)26-2/h4-10H,11-13H2,1-3H3,(H,22,24). The first-order valence-corrected chi connectivity index (χ1v) is 8.80. The highest BCUT2D eigenvalue weighted by Crippen LogP contribution is 2.28. The summed E-state index contributed by atoms with van der Waals surface area (Å²) in [5.74, 6) is 0.0311. The fourth-order valence-electron chi connectivity index (χ4n) is 2.36. The summed E-state index contributed by atoms with van der Waals surface area (Å²) >= 11 is 0. The van der Waals surface area contributed by atoms with E-state index in [0.717, 1.165) is 5.56 Å². The maximum atomic E-state index is 11.8. The van der Waals surface area contributed by atoms with Gasteiger partial charge in [-0.15, -0.1) is 0 Å². The van der Waals surface area contributed by atoms with E-state index in [1.165, 1.54) is 26.2 Å². The lowest BCUT2D eigenvalue weighted by Crippen LogP contribution is -2.29. The predicted octanol–water partition coefficient (Wildman–Crippen LogP) is 2.14. The van der Waals surface area contributed by atoms with Gasteiger partial charge in [-0.05, 0) is 42.8 Å². The second kappa shape index (κ2) is 10.7. The maximum Gasteiger partial charge on any atom is 0.344 e. The number of methoxy groups -OCH3 is 2. The van der Waals surface area contributed by atoms with E-state index in [0.29, 0.717) is 17.1 Å². The number of carbonyl (C=O) groups excluding carboxylic acids is 3. The van der Waals surface area contributed by atoms with Crippen LogP contribution in [-0.2, 0) is 20.9 Å². The zero-order valence-corrected chi connectivity index (χ0v) is 16.5. The van der Waals surface area contributed by atoms with Gasteiger partial charge in [-0.3, -0.25) is 9.59 Å². The monoisotopic (exact) mass is 401 g/mol. The van der Waals surface area contributed by atoms with Crippen LogP contribution in [0.5, 0.6) is 17.2 Å². The van der Waals surface area contributed by atoms with Crippen molar-refractivity contribution < 1.29 is 33.3 Å². The second-order valence-corrected chi connectivity index (χ2v) is 6.00. The van der Waals surface area contributed by atoms with Crippen LogP contribution in [0.1, 0.15) is 22.8 Å². The molecule has 8 heteroatoms. The van der Waals surface area contributed by atoms with Gasteiger partial charge in [0.25, 0.3) is 5.91 Å². The van der Waals surface area contributed by atoms with Crippen LogP contribution in [-0.4, -0.2) is 45.1 Å². The highest BCUT2D eigenvalue weighted by atomic mass is 16.6. The molecule has 0 aromatic heterocycles. The first-order chi connectivity index (χ1) is 13.9. The van der Waals surface area contributed by atoms with Gasteiger partial charge in [-0.25, -0.2) is 4.79 Å². The summed E-state index contributed by atoms with van der Waals surface area (Å²) in [5, 5.41) is 2.65. The highest BCUT2D eigenvalue weighted by molar-refractivity contribution is 5.94. The van der Waals surface area contributed by atoms with E-state index in [1.807, 2.05) is 12.1 Å². The Bertz CT molecular complexity index is 879. The van der Waals surface area contributed by atoms with Crippen molar-refractivity contribution in [3.8, 4) is 17.2 Å². The Labute approximate surface area is 168 Å². The smallest absolute Gasteiger partial charge is 0.344 e. The summed E-state index contributed by atoms with van der Waals surface area (Å²) in [7, 11) is 2.99. The lowest BCUT2D eigenvalue weighted by atomic mass is 10.1. The third kappa shape index (κ3) is 6.84. The number of ketones is 1. The number of Topliss-reactive ketones (excluding diaryl/α,β-unsaturated/α-hetero) is 1. The van der Waals surface area contributed by atoms with Gasteiger partial charge in [-0.1, -0.05) is 12.1 Å². The molecule has 154 valence electrons. The zero-order valence-electron chi connectivity index (χ0n) is 16.5. The molecule has 0 saturated heterocycles. The molecule has 0 fully saturated rings. The maximum absolute atomic E-state index is 11.8. The molecule has 2 rings (SSSR count). The number of esters is 1. The summed E-state index contributed by atoms with van der Waals surface area (Å²) in [6.07, 6.45) is 0. The van der Waals surface area contributed by atoms with E-state index in [4.69, 9.17) is 18.9 Å². The number of hydrogen-bond acceptors (Lipinski definition) is 7. The third-order valence-corrected chi connectivity index (χ3v) is 3.90. The lowest BCUT2D eigenvalue weighted by molar-refractivity contribution is -0.150. The van der Waals surface area contributed by atoms with Gasteiger partial charge in [0.15, 0.2) is 30.5 Å². The van der Waals surface area contributed by atoms with Crippen molar-refractivity contribution in [1.29, 1.82) is 0 Å². The Balaban J connectivity index is 1.76. The minimum absolute atomic E-state index is 0.116. The summed E-state index contributed by atoms with van der Waals surface area (Å²) in [6, 6.07) is 11.9. The first kappa shape index (κ1) is 21.7. The van der Waals surface area contributed by atoms with Crippen LogP contribution in [0.3, 0.4) is 0 Å². The molecule has 0 atom stereocenters. The number of amides is 1. The van der Waals surface area contributed by atoms with E-state index in [9.17, 15) is 14.4 Å². The van der Waals surface area contributed by atoms with E-state index in [2.05, 4.69) is 5.32 Å². The first-order valence-electron chi connectivity index (χ1n) is 8.80. The van der Waals surface area contributed by atoms with Crippen LogP contribution in [0, 0.1) is 0 Å². The number of ether oxygens (including phenoxy) is 4. The fourth-order valence-corrected chi connectivity index (χ4v) is 2.36. The van der Waals surface area contributed by atoms with Gasteiger partial charge >= 0.3 is 5.97 Å². The van der Waals surface area contributed by atoms with Gasteiger partial charge < -0.3 is 24.3 Å². The highest BCUT2D eigenvalue weighted by Gasteiger charge is 2.12. The summed E-state index contributed by atoms with van der Waals surface area (Å²) in [6.45, 7) is 0.890. The van der Waals surface area contributed by atoms with Crippen LogP contribution in [0.15, 0.2) is 42.5 Å². The van der Waals surface area contributed by atoms with Crippen molar-refractivity contribution in [2.24, 2.45) is 0 Å². The predicted molar refractivity (Wildman–Crippen MR) is 104 cm³/mol. The van der Waals surface area contributed by atoms with Crippen LogP contribution >= 0.6 is 0 Å². The molecule has 2 aromatic rings. The summed E-state index contributed by atoms with van der Waals surface area (Å²) < 4.78 is 20.5. The summed E-state index contributed by atoms with van der Waals surface area (Å²) in [4.78, 5) is 35.1. The van der Waals surface area contributed by atoms with Crippen molar-refractivity contribution in [3.63, 3.8) is 0 Å². The molecule has 0 bridgehead atoms. The number of nitrogens with one attached hydrogen (secondary N) is 1. The van der Waals surface area contributed by atoms with Crippen LogP contribution in [0.25, 0.3) is 0 Å². The fraction of sp³-hybridized carbons (Fsp3) is 0.286. The van der Waals surface area contributed by atoms with E-state index < -0.39 is 25.1 Å². The molecule has 0 aliphatic heterocycles. The molecule has 0 saturated carbocycles. The Morgan fingerprint density at radius 1 is 0.931 bits per heavy atom. The number of hydrogen-bond donors (Lipinski definition) is 1. The van der Waals surface area contributed by atoms with E-state index in [-0.39, 0.29) is 18.1 Å². The molecule has 8 nitrogen and oxygen atoms in total. The SMILES string of the molecule is COc1cccc(CNC(=O)COC(=O)COc2ccc(C(C)=O)cc2OC)c1. The number of benzene rings is 2. The Morgan fingerprint density at radius 2 is 1.72 bits per heavy atom. The molecule has 29 heavy (non-hydrogen) atoms. The molecule has 0 aliphatic carbocycles. The van der Waals surface area contributed by atoms with Crippen LogP contribution in [0.4, 0.5) is 0 Å². The molecule has 2 aromatic carbocycles. The minimum atomic E-state index is -0.709. The summed E-state index contributed by atoms with van der Waals surface area (Å²) in [5.41, 5.74) is 1.32. The molecule has 1 amide bonds. The number of carbonyl (C=O) groups is 3. The van der Waals surface area contributed by atoms with Crippen LogP contribution < -0.4 is 19.5 Å². The van der Waals surface area contributed by atoms with Gasteiger partial charge in [0.1, 0.15) is 5.75 Å². The van der Waals surface area contributed by atoms with E-state index in [1.54, 1.807) is 25.3 Å². The topological polar surface area (TPSA) is 100 Å². The van der Waals surface area contributed by atoms with E-state index >= 15 is 0 Å². The van der Waals surface area contributed by atoms with Crippen molar-refractivity contribution in [1.82, 2.24) is 5.32 Å². The minimum Gasteiger partial charge on any atom is -0.497 e. The molecule has 0 heterocycles. The average Bonchev–Trinajstić information content (AvgIpc) is 2.74. The van der Waals surface area contributed by atoms with Gasteiger partial charge in [-0.2, -0.15) is 0 Å². The van der Waals surface area contributed by atoms with Gasteiger partial charge in [0.05, 0.1) is 14.2 Å². The van der Waals surface area contributed by atoms with Crippen molar-refractivity contribution in [2.45, 2.75) is 13.5 Å². The molecule has 0 radical (unpaired) electrons. The molecule has 1 N–H and O–H groups in total. The second-order valence-electron chi connectivity index (χ2n) is 6.00. The van der Waals surface area contributed by atoms with Gasteiger partial charge in [0, 0.05) is 12.1 Å². The Hall–Kier alpha value is -3.55. The largest absolute Gasteiger partial charge is 0.497 e. The molecule has 0 spiro atoms. The molecule has 0 unspecified atom stereocenters. The quantitative estimate of drug-likeness (QED) is 0.481. The van der Waals surface area contributed by atoms with Crippen LogP contribution in [0.2, 0.25) is 0 Å². The van der Waals surface area contributed by atoms with Gasteiger partial charge in [0.2, 0.25) is 0 Å². The van der Waals surface area contributed by atoms with Crippen molar-refractivity contribution >= 4 is 17.7 Å². The molecule has 0 aliphatic rings. The molecular formula is C21H23NO7. The van der Waals surface area contributed by atoms with Crippen molar-refractivity contribution in [3.05, 3.63) is 53.6 Å². The normalized spacial score (nSPS) is 10.0. The average molecular weight is 401 g/mol. The van der Waals surface area contributed by atoms with Crippen molar-refractivity contribution in [2.75, 3.05) is 27.4 Å². The zero-order chi connectivity index (χ0) is 21.2.